The second-order valence-electron chi connectivity index (χ2n) is 6.49. The standard InChI is InChI=1S/C20H19N5O2/c26-18-12-17(16-9-10-21-13-22-16)24-19-15(8-4-5-11-25(18)19)20(27)23-14-6-2-1-3-7-14/h1-3,6-7,9-10,12-13,15H,4-5,8,11H2,(H,23,27). The molecule has 0 fully saturated rings. The largest absolute Gasteiger partial charge is 0.325 e. The zero-order chi connectivity index (χ0) is 18.6. The van der Waals surface area contributed by atoms with E-state index in [9.17, 15) is 9.59 Å². The molecule has 0 saturated heterocycles. The molecule has 0 bridgehead atoms. The Kier molecular flexibility index (Phi) is 4.74. The van der Waals surface area contributed by atoms with Crippen LogP contribution in [0.1, 0.15) is 31.0 Å². The molecule has 1 N–H and O–H groups in total. The molecule has 2 aromatic heterocycles. The van der Waals surface area contributed by atoms with Crippen molar-refractivity contribution in [2.24, 2.45) is 0 Å². The topological polar surface area (TPSA) is 89.8 Å². The summed E-state index contributed by atoms with van der Waals surface area (Å²) in [4.78, 5) is 38.4. The Morgan fingerprint density at radius 1 is 1.11 bits per heavy atom. The molecular formula is C20H19N5O2. The normalized spacial score (nSPS) is 16.2. The third kappa shape index (κ3) is 3.62. The third-order valence-electron chi connectivity index (χ3n) is 4.68. The molecule has 4 rings (SSSR count). The maximum absolute atomic E-state index is 13.0. The summed E-state index contributed by atoms with van der Waals surface area (Å²) in [6.45, 7) is 0.570. The number of hydrogen-bond acceptors (Lipinski definition) is 5. The summed E-state index contributed by atoms with van der Waals surface area (Å²) in [7, 11) is 0. The highest BCUT2D eigenvalue weighted by molar-refractivity contribution is 5.95. The molecule has 1 aliphatic heterocycles. The molecule has 1 atom stereocenters. The fourth-order valence-electron chi connectivity index (χ4n) is 3.33. The van der Waals surface area contributed by atoms with Crippen LogP contribution in [-0.4, -0.2) is 25.4 Å². The van der Waals surface area contributed by atoms with Crippen LogP contribution in [0.4, 0.5) is 5.69 Å². The monoisotopic (exact) mass is 361 g/mol. The molecule has 1 aliphatic rings. The predicted octanol–water partition coefficient (Wildman–Crippen LogP) is 2.61. The van der Waals surface area contributed by atoms with Gasteiger partial charge >= 0.3 is 0 Å². The number of hydrogen-bond donors (Lipinski definition) is 1. The minimum absolute atomic E-state index is 0.149. The van der Waals surface area contributed by atoms with Crippen molar-refractivity contribution in [3.8, 4) is 11.4 Å². The molecule has 1 unspecified atom stereocenters. The highest BCUT2D eigenvalue weighted by atomic mass is 16.2. The van der Waals surface area contributed by atoms with Gasteiger partial charge in [0.25, 0.3) is 5.56 Å². The molecule has 7 nitrogen and oxygen atoms in total. The van der Waals surface area contributed by atoms with Crippen molar-refractivity contribution in [1.29, 1.82) is 0 Å². The van der Waals surface area contributed by atoms with Gasteiger partial charge in [-0.1, -0.05) is 24.6 Å². The molecule has 1 amide bonds. The first-order valence-corrected chi connectivity index (χ1v) is 8.96. The second kappa shape index (κ2) is 7.49. The highest BCUT2D eigenvalue weighted by Gasteiger charge is 2.28. The quantitative estimate of drug-likeness (QED) is 0.774. The number of nitrogens with zero attached hydrogens (tertiary/aromatic N) is 4. The van der Waals surface area contributed by atoms with Crippen LogP contribution in [0.2, 0.25) is 0 Å². The fraction of sp³-hybridized carbons (Fsp3) is 0.250. The van der Waals surface area contributed by atoms with Crippen molar-refractivity contribution >= 4 is 11.6 Å². The van der Waals surface area contributed by atoms with Crippen LogP contribution in [0.5, 0.6) is 0 Å². The van der Waals surface area contributed by atoms with Gasteiger partial charge < -0.3 is 5.32 Å². The molecule has 0 aliphatic carbocycles. The van der Waals surface area contributed by atoms with Crippen LogP contribution in [-0.2, 0) is 11.3 Å². The summed E-state index contributed by atoms with van der Waals surface area (Å²) in [5, 5.41) is 2.94. The zero-order valence-corrected chi connectivity index (χ0v) is 14.7. The van der Waals surface area contributed by atoms with E-state index in [1.54, 1.807) is 16.8 Å². The first kappa shape index (κ1) is 17.1. The molecule has 7 heteroatoms. The number of carbonyl (C=O) groups excluding carboxylic acids is 1. The Morgan fingerprint density at radius 3 is 2.74 bits per heavy atom. The van der Waals surface area contributed by atoms with E-state index < -0.39 is 5.92 Å². The lowest BCUT2D eigenvalue weighted by Gasteiger charge is -2.18. The number of benzene rings is 1. The van der Waals surface area contributed by atoms with Gasteiger partial charge in [-0.15, -0.1) is 0 Å². The Labute approximate surface area is 156 Å². The maximum atomic E-state index is 13.0. The lowest BCUT2D eigenvalue weighted by atomic mass is 10.0. The molecule has 3 aromatic rings. The van der Waals surface area contributed by atoms with E-state index in [1.807, 2.05) is 30.3 Å². The lowest BCUT2D eigenvalue weighted by molar-refractivity contribution is -0.117. The van der Waals surface area contributed by atoms with E-state index in [2.05, 4.69) is 20.3 Å². The van der Waals surface area contributed by atoms with Crippen LogP contribution in [0.3, 0.4) is 0 Å². The Bertz CT molecular complexity index is 1000. The van der Waals surface area contributed by atoms with Crippen LogP contribution in [0.25, 0.3) is 11.4 Å². The van der Waals surface area contributed by atoms with E-state index >= 15 is 0 Å². The van der Waals surface area contributed by atoms with E-state index in [0.717, 1.165) is 18.5 Å². The van der Waals surface area contributed by atoms with Crippen molar-refractivity contribution in [2.75, 3.05) is 5.32 Å². The van der Waals surface area contributed by atoms with Gasteiger partial charge in [-0.25, -0.2) is 15.0 Å². The number of anilines is 1. The molecule has 0 saturated carbocycles. The molecule has 0 spiro atoms. The average molecular weight is 361 g/mol. The molecule has 27 heavy (non-hydrogen) atoms. The van der Waals surface area contributed by atoms with Crippen LogP contribution in [0.15, 0.2) is 59.8 Å². The van der Waals surface area contributed by atoms with Gasteiger partial charge in [0.2, 0.25) is 5.91 Å². The second-order valence-corrected chi connectivity index (χ2v) is 6.49. The minimum atomic E-state index is -0.484. The van der Waals surface area contributed by atoms with Gasteiger partial charge in [-0.05, 0) is 31.0 Å². The van der Waals surface area contributed by atoms with Crippen LogP contribution >= 0.6 is 0 Å². The van der Waals surface area contributed by atoms with Gasteiger partial charge in [-0.3, -0.25) is 14.2 Å². The Morgan fingerprint density at radius 2 is 1.96 bits per heavy atom. The Balaban J connectivity index is 1.74. The third-order valence-corrected chi connectivity index (χ3v) is 4.68. The van der Waals surface area contributed by atoms with Crippen LogP contribution < -0.4 is 10.9 Å². The van der Waals surface area contributed by atoms with E-state index in [0.29, 0.717) is 30.2 Å². The smallest absolute Gasteiger partial charge is 0.254 e. The summed E-state index contributed by atoms with van der Waals surface area (Å²) in [5.41, 5.74) is 1.60. The molecule has 136 valence electrons. The van der Waals surface area contributed by atoms with Crippen molar-refractivity contribution < 1.29 is 4.79 Å². The summed E-state index contributed by atoms with van der Waals surface area (Å²) >= 11 is 0. The fourth-order valence-corrected chi connectivity index (χ4v) is 3.33. The van der Waals surface area contributed by atoms with Crippen molar-refractivity contribution in [3.05, 3.63) is 71.2 Å². The van der Waals surface area contributed by atoms with E-state index in [1.165, 1.54) is 12.4 Å². The molecule has 1 aromatic carbocycles. The molecular weight excluding hydrogens is 342 g/mol. The predicted molar refractivity (Wildman–Crippen MR) is 101 cm³/mol. The molecule has 0 radical (unpaired) electrons. The number of amides is 1. The Hall–Kier alpha value is -3.35. The van der Waals surface area contributed by atoms with Gasteiger partial charge in [0.05, 0.1) is 17.3 Å². The summed E-state index contributed by atoms with van der Waals surface area (Å²) in [5.74, 6) is -0.132. The van der Waals surface area contributed by atoms with E-state index in [4.69, 9.17) is 0 Å². The maximum Gasteiger partial charge on any atom is 0.254 e. The van der Waals surface area contributed by atoms with Crippen molar-refractivity contribution in [2.45, 2.75) is 31.7 Å². The summed E-state index contributed by atoms with van der Waals surface area (Å²) in [6, 6.07) is 12.5. The van der Waals surface area contributed by atoms with Gasteiger partial charge in [0.15, 0.2) is 0 Å². The zero-order valence-electron chi connectivity index (χ0n) is 14.7. The van der Waals surface area contributed by atoms with Gasteiger partial charge in [0, 0.05) is 24.5 Å². The van der Waals surface area contributed by atoms with Crippen LogP contribution in [0, 0.1) is 0 Å². The van der Waals surface area contributed by atoms with Gasteiger partial charge in [-0.2, -0.15) is 0 Å². The average Bonchev–Trinajstić information content (AvgIpc) is 2.92. The first-order valence-electron chi connectivity index (χ1n) is 8.96. The number of nitrogens with one attached hydrogen (secondary N) is 1. The summed E-state index contributed by atoms with van der Waals surface area (Å²) in [6.07, 6.45) is 5.38. The SMILES string of the molecule is O=C(Nc1ccccc1)C1CCCCn2c1nc(-c1ccncn1)cc2=O. The highest BCUT2D eigenvalue weighted by Crippen LogP contribution is 2.27. The number of rotatable bonds is 3. The minimum Gasteiger partial charge on any atom is -0.325 e. The number of carbonyl (C=O) groups is 1. The van der Waals surface area contributed by atoms with Crippen molar-refractivity contribution in [3.63, 3.8) is 0 Å². The number of para-hydroxylation sites is 1. The lowest BCUT2D eigenvalue weighted by Crippen LogP contribution is -2.30. The van der Waals surface area contributed by atoms with Crippen molar-refractivity contribution in [1.82, 2.24) is 19.5 Å². The molecule has 3 heterocycles. The number of fused-ring (bicyclic) bond motifs is 1. The van der Waals surface area contributed by atoms with E-state index in [-0.39, 0.29) is 11.5 Å². The number of aromatic nitrogens is 4. The first-order chi connectivity index (χ1) is 13.2. The van der Waals surface area contributed by atoms with Gasteiger partial charge in [0.1, 0.15) is 12.2 Å². The summed E-state index contributed by atoms with van der Waals surface area (Å²) < 4.78 is 1.62.